The molecule has 0 fully saturated rings. The molecule has 2 heteroatoms. The van der Waals surface area contributed by atoms with Crippen molar-refractivity contribution in [1.82, 2.24) is 0 Å². The van der Waals surface area contributed by atoms with E-state index in [-0.39, 0.29) is 5.54 Å². The smallest absolute Gasteiger partial charge is 0.156 e. The van der Waals surface area contributed by atoms with Gasteiger partial charge in [0.05, 0.1) is 0 Å². The summed E-state index contributed by atoms with van der Waals surface area (Å²) in [5.41, 5.74) is 1.77. The number of nitrogens with zero attached hydrogens (tertiary/aromatic N) is 1. The van der Waals surface area contributed by atoms with Gasteiger partial charge in [0.2, 0.25) is 0 Å². The van der Waals surface area contributed by atoms with Crippen LogP contribution in [-0.4, -0.2) is 15.9 Å². The van der Waals surface area contributed by atoms with Crippen LogP contribution in [-0.2, 0) is 0 Å². The third-order valence-corrected chi connectivity index (χ3v) is 4.70. The molecule has 0 saturated heterocycles. The molecular formula is C12H20N2. The van der Waals surface area contributed by atoms with Crippen molar-refractivity contribution >= 4 is 5.71 Å². The fourth-order valence-electron chi connectivity index (χ4n) is 3.94. The van der Waals surface area contributed by atoms with Crippen LogP contribution in [0.4, 0.5) is 0 Å². The Bertz CT molecular complexity index is 270. The lowest BCUT2D eigenvalue weighted by Crippen LogP contribution is -2.43. The van der Waals surface area contributed by atoms with E-state index in [9.17, 15) is 0 Å². The van der Waals surface area contributed by atoms with Crippen LogP contribution >= 0.6 is 0 Å². The summed E-state index contributed by atoms with van der Waals surface area (Å²) in [5.74, 6) is 9.12. The predicted octanol–water partition coefficient (Wildman–Crippen LogP) is 3.31. The SMILES string of the molecule is [NH-][N+]1=C2CCCC13CCCC2CCC3. The van der Waals surface area contributed by atoms with Gasteiger partial charge >= 0.3 is 0 Å². The molecule has 0 aromatic carbocycles. The maximum Gasteiger partial charge on any atom is 0.156 e. The Morgan fingerprint density at radius 1 is 1.07 bits per heavy atom. The van der Waals surface area contributed by atoms with Crippen molar-refractivity contribution in [3.05, 3.63) is 5.84 Å². The van der Waals surface area contributed by atoms with Crippen molar-refractivity contribution in [3.63, 3.8) is 0 Å². The first-order chi connectivity index (χ1) is 6.82. The van der Waals surface area contributed by atoms with Crippen molar-refractivity contribution in [2.45, 2.75) is 63.3 Å². The Morgan fingerprint density at radius 2 is 1.71 bits per heavy atom. The summed E-state index contributed by atoms with van der Waals surface area (Å²) in [6.45, 7) is 0. The molecule has 0 aromatic heterocycles. The van der Waals surface area contributed by atoms with Crippen LogP contribution in [0.15, 0.2) is 0 Å². The standard InChI is InChI=1S/C12H20N2/c13-14-11-6-3-9-12(14)7-1-4-10(11)5-2-8-12/h10,13H,1-9H2. The van der Waals surface area contributed by atoms with E-state index in [1.807, 2.05) is 4.68 Å². The Kier molecular flexibility index (Phi) is 1.86. The first-order valence-electron chi connectivity index (χ1n) is 6.19. The van der Waals surface area contributed by atoms with E-state index in [1.54, 1.807) is 0 Å². The average molecular weight is 192 g/mol. The minimum absolute atomic E-state index is 0.277. The molecule has 3 bridgehead atoms. The molecule has 0 unspecified atom stereocenters. The summed E-state index contributed by atoms with van der Waals surface area (Å²) in [6, 6.07) is 0. The van der Waals surface area contributed by atoms with E-state index in [4.69, 9.17) is 5.84 Å². The van der Waals surface area contributed by atoms with E-state index in [0.29, 0.717) is 0 Å². The van der Waals surface area contributed by atoms with Crippen molar-refractivity contribution in [1.29, 1.82) is 0 Å². The second-order valence-electron chi connectivity index (χ2n) is 5.39. The first kappa shape index (κ1) is 8.75. The van der Waals surface area contributed by atoms with Crippen LogP contribution in [0, 0.1) is 5.92 Å². The van der Waals surface area contributed by atoms with Crippen LogP contribution in [0.2, 0.25) is 0 Å². The number of nitrogens with one attached hydrogen (secondary N) is 1. The Balaban J connectivity index is 2.11. The third-order valence-electron chi connectivity index (χ3n) is 4.70. The maximum absolute atomic E-state index is 8.34. The molecular weight excluding hydrogens is 172 g/mol. The van der Waals surface area contributed by atoms with E-state index in [2.05, 4.69) is 0 Å². The largest absolute Gasteiger partial charge is 0.454 e. The molecule has 3 rings (SSSR count). The molecule has 0 atom stereocenters. The van der Waals surface area contributed by atoms with Crippen LogP contribution in [0.3, 0.4) is 0 Å². The molecule has 3 heterocycles. The van der Waals surface area contributed by atoms with E-state index in [1.165, 1.54) is 63.5 Å². The summed E-state index contributed by atoms with van der Waals surface area (Å²) in [7, 11) is 0. The Hall–Kier alpha value is -0.530. The number of hydrogen-bond acceptors (Lipinski definition) is 0. The quantitative estimate of drug-likeness (QED) is 0.526. The molecule has 0 amide bonds. The summed E-state index contributed by atoms with van der Waals surface area (Å²) in [5, 5.41) is 0. The topological polar surface area (TPSA) is 26.8 Å². The summed E-state index contributed by atoms with van der Waals surface area (Å²) in [4.78, 5) is 0. The van der Waals surface area contributed by atoms with Crippen LogP contribution in [0.1, 0.15) is 57.8 Å². The second kappa shape index (κ2) is 2.98. The highest BCUT2D eigenvalue weighted by atomic mass is 15.4. The van der Waals surface area contributed by atoms with Gasteiger partial charge in [-0.1, -0.05) is 0 Å². The Labute approximate surface area is 86.2 Å². The predicted molar refractivity (Wildman–Crippen MR) is 57.4 cm³/mol. The highest BCUT2D eigenvalue weighted by Crippen LogP contribution is 2.43. The van der Waals surface area contributed by atoms with Gasteiger partial charge in [-0.2, -0.15) is 0 Å². The normalized spacial score (nSPS) is 42.1. The minimum Gasteiger partial charge on any atom is -0.454 e. The van der Waals surface area contributed by atoms with Gasteiger partial charge in [-0.05, 0) is 32.1 Å². The number of hydrogen-bond donors (Lipinski definition) is 0. The van der Waals surface area contributed by atoms with Crippen molar-refractivity contribution < 1.29 is 4.68 Å². The Morgan fingerprint density at radius 3 is 2.43 bits per heavy atom. The van der Waals surface area contributed by atoms with Gasteiger partial charge in [0.25, 0.3) is 0 Å². The summed E-state index contributed by atoms with van der Waals surface area (Å²) in [6.07, 6.45) is 11.9. The zero-order valence-corrected chi connectivity index (χ0v) is 8.89. The van der Waals surface area contributed by atoms with Gasteiger partial charge in [0.15, 0.2) is 11.3 Å². The maximum atomic E-state index is 8.34. The number of rotatable bonds is 0. The van der Waals surface area contributed by atoms with Gasteiger partial charge in [-0.3, -0.25) is 4.68 Å². The second-order valence-corrected chi connectivity index (χ2v) is 5.39. The zero-order valence-electron chi connectivity index (χ0n) is 8.89. The van der Waals surface area contributed by atoms with Gasteiger partial charge in [-0.25, -0.2) is 0 Å². The molecule has 0 aromatic rings. The van der Waals surface area contributed by atoms with Crippen molar-refractivity contribution in [2.24, 2.45) is 5.92 Å². The van der Waals surface area contributed by atoms with Gasteiger partial charge in [-0.15, -0.1) is 0 Å². The van der Waals surface area contributed by atoms with Gasteiger partial charge < -0.3 is 5.84 Å². The first-order valence-corrected chi connectivity index (χ1v) is 6.19. The molecule has 0 aliphatic carbocycles. The summed E-state index contributed by atoms with van der Waals surface area (Å²) < 4.78 is 1.97. The lowest BCUT2D eigenvalue weighted by molar-refractivity contribution is -0.559. The molecule has 0 saturated carbocycles. The molecule has 14 heavy (non-hydrogen) atoms. The average Bonchev–Trinajstić information content (AvgIpc) is 2.30. The van der Waals surface area contributed by atoms with Crippen LogP contribution in [0.5, 0.6) is 0 Å². The fraction of sp³-hybridized carbons (Fsp3) is 0.917. The van der Waals surface area contributed by atoms with Crippen molar-refractivity contribution in [3.8, 4) is 0 Å². The fourth-order valence-corrected chi connectivity index (χ4v) is 3.94. The van der Waals surface area contributed by atoms with Gasteiger partial charge in [0.1, 0.15) is 0 Å². The molecule has 3 aliphatic rings. The molecule has 1 N–H and O–H groups in total. The molecule has 2 nitrogen and oxygen atoms in total. The molecule has 0 spiro atoms. The third kappa shape index (κ3) is 1.06. The van der Waals surface area contributed by atoms with E-state index in [0.717, 1.165) is 5.92 Å². The highest BCUT2D eigenvalue weighted by molar-refractivity contribution is 5.83. The van der Waals surface area contributed by atoms with E-state index >= 15 is 0 Å². The van der Waals surface area contributed by atoms with Crippen LogP contribution in [0.25, 0.3) is 5.84 Å². The lowest BCUT2D eigenvalue weighted by atomic mass is 9.81. The monoisotopic (exact) mass is 192 g/mol. The van der Waals surface area contributed by atoms with Gasteiger partial charge in [0, 0.05) is 31.6 Å². The summed E-state index contributed by atoms with van der Waals surface area (Å²) >= 11 is 0. The zero-order chi connectivity index (χ0) is 9.60. The van der Waals surface area contributed by atoms with Crippen LogP contribution < -0.4 is 0 Å². The molecule has 3 aliphatic heterocycles. The van der Waals surface area contributed by atoms with Crippen molar-refractivity contribution in [2.75, 3.05) is 0 Å². The lowest BCUT2D eigenvalue weighted by Gasteiger charge is -2.35. The minimum atomic E-state index is 0.277. The van der Waals surface area contributed by atoms with E-state index < -0.39 is 0 Å². The molecule has 0 radical (unpaired) electrons. The molecule has 78 valence electrons. The highest BCUT2D eigenvalue weighted by Gasteiger charge is 2.46.